The zero-order chi connectivity index (χ0) is 16.6. The summed E-state index contributed by atoms with van der Waals surface area (Å²) in [6.07, 6.45) is 6.06. The van der Waals surface area contributed by atoms with Crippen molar-refractivity contribution in [2.45, 2.75) is 38.0 Å². The normalized spacial score (nSPS) is 22.9. The van der Waals surface area contributed by atoms with Gasteiger partial charge in [-0.05, 0) is 68.4 Å². The minimum absolute atomic E-state index is 0.0139. The standard InChI is InChI=1S/C18H21NO3S/c1-13-3-7-17(8-4-13)23(21,22)19-10-9-15-5-6-16(11-14(2)20)18(15)12-19/h3-4,7-8,11-12,15H,5-6,9-10H2,1-2H3/b16-11+. The molecule has 0 spiro atoms. The van der Waals surface area contributed by atoms with E-state index in [0.717, 1.165) is 36.0 Å². The van der Waals surface area contributed by atoms with Crippen LogP contribution in [0.3, 0.4) is 0 Å². The van der Waals surface area contributed by atoms with E-state index in [1.54, 1.807) is 24.4 Å². The second-order valence-electron chi connectivity index (χ2n) is 6.32. The van der Waals surface area contributed by atoms with Crippen LogP contribution in [0.25, 0.3) is 0 Å². The number of ketones is 1. The number of hydrogen-bond acceptors (Lipinski definition) is 3. The van der Waals surface area contributed by atoms with Crippen LogP contribution >= 0.6 is 0 Å². The molecule has 23 heavy (non-hydrogen) atoms. The van der Waals surface area contributed by atoms with Crippen molar-refractivity contribution in [1.29, 1.82) is 0 Å². The van der Waals surface area contributed by atoms with E-state index >= 15 is 0 Å². The van der Waals surface area contributed by atoms with Crippen LogP contribution in [-0.4, -0.2) is 25.1 Å². The Morgan fingerprint density at radius 3 is 2.57 bits per heavy atom. The van der Waals surface area contributed by atoms with Crippen molar-refractivity contribution in [3.05, 3.63) is 53.3 Å². The Bertz CT molecular complexity index is 788. The first-order valence-corrected chi connectivity index (χ1v) is 9.33. The van der Waals surface area contributed by atoms with Gasteiger partial charge in [0.25, 0.3) is 10.0 Å². The van der Waals surface area contributed by atoms with Crippen LogP contribution in [-0.2, 0) is 14.8 Å². The summed E-state index contributed by atoms with van der Waals surface area (Å²) in [4.78, 5) is 11.7. The lowest BCUT2D eigenvalue weighted by Gasteiger charge is -2.29. The highest BCUT2D eigenvalue weighted by Crippen LogP contribution is 2.41. The molecule has 0 aromatic heterocycles. The fourth-order valence-corrected chi connectivity index (χ4v) is 4.67. The van der Waals surface area contributed by atoms with Crippen molar-refractivity contribution in [3.63, 3.8) is 0 Å². The molecular formula is C18H21NO3S. The summed E-state index contributed by atoms with van der Waals surface area (Å²) in [6.45, 7) is 3.96. The van der Waals surface area contributed by atoms with Gasteiger partial charge in [-0.1, -0.05) is 17.7 Å². The van der Waals surface area contributed by atoms with E-state index in [1.165, 1.54) is 11.2 Å². The van der Waals surface area contributed by atoms with E-state index < -0.39 is 10.0 Å². The maximum Gasteiger partial charge on any atom is 0.263 e. The second-order valence-corrected chi connectivity index (χ2v) is 8.21. The first-order valence-electron chi connectivity index (χ1n) is 7.89. The number of benzene rings is 1. The highest BCUT2D eigenvalue weighted by Gasteiger charge is 2.33. The van der Waals surface area contributed by atoms with Crippen molar-refractivity contribution in [1.82, 2.24) is 4.31 Å². The zero-order valence-electron chi connectivity index (χ0n) is 13.5. The molecule has 0 bridgehead atoms. The molecule has 3 rings (SSSR count). The van der Waals surface area contributed by atoms with E-state index in [1.807, 2.05) is 19.1 Å². The van der Waals surface area contributed by atoms with E-state index in [2.05, 4.69) is 0 Å². The summed E-state index contributed by atoms with van der Waals surface area (Å²) in [5.74, 6) is 0.394. The van der Waals surface area contributed by atoms with Crippen LogP contribution in [0, 0.1) is 12.8 Å². The first kappa shape index (κ1) is 16.0. The number of aryl methyl sites for hydroxylation is 1. The number of hydrogen-bond donors (Lipinski definition) is 0. The predicted octanol–water partition coefficient (Wildman–Crippen LogP) is 3.20. The van der Waals surface area contributed by atoms with Gasteiger partial charge in [0.1, 0.15) is 0 Å². The Balaban J connectivity index is 1.96. The van der Waals surface area contributed by atoms with Gasteiger partial charge in [-0.15, -0.1) is 0 Å². The minimum atomic E-state index is -3.52. The van der Waals surface area contributed by atoms with Crippen LogP contribution in [0.5, 0.6) is 0 Å². The molecule has 1 atom stereocenters. The summed E-state index contributed by atoms with van der Waals surface area (Å²) >= 11 is 0. The minimum Gasteiger partial charge on any atom is -0.295 e. The summed E-state index contributed by atoms with van der Waals surface area (Å²) in [6, 6.07) is 6.92. The van der Waals surface area contributed by atoms with Crippen LogP contribution < -0.4 is 0 Å². The Labute approximate surface area is 137 Å². The van der Waals surface area contributed by atoms with E-state index in [9.17, 15) is 13.2 Å². The topological polar surface area (TPSA) is 54.5 Å². The van der Waals surface area contributed by atoms with Gasteiger partial charge < -0.3 is 0 Å². The van der Waals surface area contributed by atoms with Crippen LogP contribution in [0.2, 0.25) is 0 Å². The average molecular weight is 331 g/mol. The van der Waals surface area contributed by atoms with Crippen molar-refractivity contribution in [2.75, 3.05) is 6.54 Å². The molecule has 0 saturated heterocycles. The number of allylic oxidation sites excluding steroid dienone is 3. The lowest BCUT2D eigenvalue weighted by Crippen LogP contribution is -2.32. The number of fused-ring (bicyclic) bond motifs is 1. The predicted molar refractivity (Wildman–Crippen MR) is 89.3 cm³/mol. The molecule has 0 radical (unpaired) electrons. The van der Waals surface area contributed by atoms with Gasteiger partial charge in [-0.3, -0.25) is 9.10 Å². The molecule has 1 heterocycles. The molecule has 1 aromatic rings. The monoisotopic (exact) mass is 331 g/mol. The number of carbonyl (C=O) groups is 1. The van der Waals surface area contributed by atoms with Gasteiger partial charge in [-0.25, -0.2) is 8.42 Å². The number of carbonyl (C=O) groups excluding carboxylic acids is 1. The highest BCUT2D eigenvalue weighted by molar-refractivity contribution is 7.89. The SMILES string of the molecule is CC(=O)/C=C1\CCC2CCN(S(=O)(=O)c3ccc(C)cc3)C=C12. The molecule has 2 aliphatic rings. The largest absolute Gasteiger partial charge is 0.295 e. The van der Waals surface area contributed by atoms with Gasteiger partial charge in [0.15, 0.2) is 5.78 Å². The Morgan fingerprint density at radius 1 is 1.22 bits per heavy atom. The molecule has 1 aromatic carbocycles. The molecule has 5 heteroatoms. The highest BCUT2D eigenvalue weighted by atomic mass is 32.2. The molecule has 1 aliphatic heterocycles. The zero-order valence-corrected chi connectivity index (χ0v) is 14.3. The molecule has 0 N–H and O–H groups in total. The summed E-state index contributed by atoms with van der Waals surface area (Å²) in [5, 5.41) is 0. The third-order valence-corrected chi connectivity index (χ3v) is 6.33. The third kappa shape index (κ3) is 3.11. The Morgan fingerprint density at radius 2 is 1.91 bits per heavy atom. The first-order chi connectivity index (χ1) is 10.9. The van der Waals surface area contributed by atoms with E-state index in [4.69, 9.17) is 0 Å². The van der Waals surface area contributed by atoms with Crippen LogP contribution in [0.15, 0.2) is 52.6 Å². The maximum atomic E-state index is 12.8. The van der Waals surface area contributed by atoms with Crippen LogP contribution in [0.4, 0.5) is 0 Å². The molecular weight excluding hydrogens is 310 g/mol. The molecule has 0 amide bonds. The molecule has 122 valence electrons. The van der Waals surface area contributed by atoms with E-state index in [0.29, 0.717) is 17.4 Å². The third-order valence-electron chi connectivity index (χ3n) is 4.56. The molecule has 1 unspecified atom stereocenters. The summed E-state index contributed by atoms with van der Waals surface area (Å²) in [5.41, 5.74) is 3.04. The average Bonchev–Trinajstić information content (AvgIpc) is 2.89. The maximum absolute atomic E-state index is 12.8. The van der Waals surface area contributed by atoms with Crippen LogP contribution in [0.1, 0.15) is 31.7 Å². The second kappa shape index (κ2) is 5.96. The molecule has 4 nitrogen and oxygen atoms in total. The number of rotatable bonds is 3. The summed E-state index contributed by atoms with van der Waals surface area (Å²) < 4.78 is 27.1. The van der Waals surface area contributed by atoms with Crippen molar-refractivity contribution < 1.29 is 13.2 Å². The van der Waals surface area contributed by atoms with Gasteiger partial charge in [0.05, 0.1) is 4.90 Å². The fraction of sp³-hybridized carbons (Fsp3) is 0.389. The van der Waals surface area contributed by atoms with Gasteiger partial charge in [-0.2, -0.15) is 0 Å². The van der Waals surface area contributed by atoms with Crippen molar-refractivity contribution in [3.8, 4) is 0 Å². The molecule has 1 aliphatic carbocycles. The van der Waals surface area contributed by atoms with Gasteiger partial charge >= 0.3 is 0 Å². The number of sulfonamides is 1. The quantitative estimate of drug-likeness (QED) is 0.799. The van der Waals surface area contributed by atoms with Crippen molar-refractivity contribution in [2.24, 2.45) is 5.92 Å². The molecule has 1 saturated carbocycles. The lowest BCUT2D eigenvalue weighted by molar-refractivity contribution is -0.112. The summed E-state index contributed by atoms with van der Waals surface area (Å²) in [7, 11) is -3.52. The lowest BCUT2D eigenvalue weighted by atomic mass is 9.95. The Kier molecular flexibility index (Phi) is 4.15. The van der Waals surface area contributed by atoms with Gasteiger partial charge in [0.2, 0.25) is 0 Å². The van der Waals surface area contributed by atoms with Gasteiger partial charge in [0, 0.05) is 12.7 Å². The van der Waals surface area contributed by atoms with E-state index in [-0.39, 0.29) is 5.78 Å². The smallest absolute Gasteiger partial charge is 0.263 e. The number of nitrogens with zero attached hydrogens (tertiary/aromatic N) is 1. The Hall–Kier alpha value is -1.88. The van der Waals surface area contributed by atoms with Crippen molar-refractivity contribution >= 4 is 15.8 Å². The molecule has 1 fully saturated rings. The fourth-order valence-electron chi connectivity index (χ4n) is 3.32.